The smallest absolute Gasteiger partial charge is 0.344 e. The first-order valence-corrected chi connectivity index (χ1v) is 3.66. The van der Waals surface area contributed by atoms with Crippen molar-refractivity contribution in [3.63, 3.8) is 0 Å². The number of likely N-dealkylation sites (N-methyl/N-ethyl adjacent to an activating group) is 1. The lowest BCUT2D eigenvalue weighted by molar-refractivity contribution is -0.157. The molecule has 0 aromatic heterocycles. The minimum Gasteiger partial charge on any atom is -0.463 e. The van der Waals surface area contributed by atoms with Crippen molar-refractivity contribution in [2.24, 2.45) is 0 Å². The maximum atomic E-state index is 10.7. The number of carbonyl (C=O) groups excluding carboxylic acids is 2. The van der Waals surface area contributed by atoms with Crippen molar-refractivity contribution in [3.8, 4) is 0 Å². The van der Waals surface area contributed by atoms with Gasteiger partial charge in [0.25, 0.3) is 0 Å². The SMILES string of the molecule is CCOC(=O)COC(=O)CNC. The summed E-state index contributed by atoms with van der Waals surface area (Å²) in [5.74, 6) is -0.993. The van der Waals surface area contributed by atoms with Gasteiger partial charge >= 0.3 is 11.9 Å². The highest BCUT2D eigenvalue weighted by Crippen LogP contribution is 1.81. The zero-order valence-corrected chi connectivity index (χ0v) is 7.25. The fourth-order valence-electron chi connectivity index (χ4n) is 0.537. The zero-order chi connectivity index (χ0) is 9.40. The van der Waals surface area contributed by atoms with Gasteiger partial charge in [-0.2, -0.15) is 0 Å². The summed E-state index contributed by atoms with van der Waals surface area (Å²) in [5.41, 5.74) is 0. The maximum Gasteiger partial charge on any atom is 0.344 e. The molecule has 0 atom stereocenters. The average molecular weight is 175 g/mol. The van der Waals surface area contributed by atoms with E-state index >= 15 is 0 Å². The van der Waals surface area contributed by atoms with Gasteiger partial charge in [0.2, 0.25) is 0 Å². The summed E-state index contributed by atoms with van der Waals surface area (Å²) >= 11 is 0. The molecule has 70 valence electrons. The fourth-order valence-corrected chi connectivity index (χ4v) is 0.537. The molecule has 0 aliphatic rings. The van der Waals surface area contributed by atoms with Crippen LogP contribution in [0.4, 0.5) is 0 Å². The lowest BCUT2D eigenvalue weighted by Gasteiger charge is -2.03. The van der Waals surface area contributed by atoms with Gasteiger partial charge in [-0.3, -0.25) is 4.79 Å². The number of nitrogens with one attached hydrogen (secondary N) is 1. The molecule has 0 aliphatic heterocycles. The van der Waals surface area contributed by atoms with E-state index in [1.54, 1.807) is 14.0 Å². The number of ether oxygens (including phenoxy) is 2. The Morgan fingerprint density at radius 2 is 1.92 bits per heavy atom. The standard InChI is InChI=1S/C7H13NO4/c1-3-11-7(10)5-12-6(9)4-8-2/h8H,3-5H2,1-2H3. The number of carbonyl (C=O) groups is 2. The summed E-state index contributed by atoms with van der Waals surface area (Å²) < 4.78 is 9.05. The molecule has 0 spiro atoms. The molecule has 5 nitrogen and oxygen atoms in total. The van der Waals surface area contributed by atoms with E-state index in [1.165, 1.54) is 0 Å². The Morgan fingerprint density at radius 3 is 2.42 bits per heavy atom. The highest BCUT2D eigenvalue weighted by Gasteiger charge is 2.05. The number of rotatable bonds is 5. The summed E-state index contributed by atoms with van der Waals surface area (Å²) in [4.78, 5) is 21.3. The first kappa shape index (κ1) is 10.9. The van der Waals surface area contributed by atoms with Crippen molar-refractivity contribution >= 4 is 11.9 Å². The molecule has 0 aliphatic carbocycles. The van der Waals surface area contributed by atoms with Gasteiger partial charge in [-0.25, -0.2) is 4.79 Å². The van der Waals surface area contributed by atoms with E-state index in [9.17, 15) is 9.59 Å². The molecular formula is C7H13NO4. The summed E-state index contributed by atoms with van der Waals surface area (Å²) in [5, 5.41) is 2.60. The van der Waals surface area contributed by atoms with Gasteiger partial charge in [-0.15, -0.1) is 0 Å². The van der Waals surface area contributed by atoms with Crippen molar-refractivity contribution in [3.05, 3.63) is 0 Å². The Labute approximate surface area is 71.0 Å². The van der Waals surface area contributed by atoms with Crippen molar-refractivity contribution < 1.29 is 19.1 Å². The third kappa shape index (κ3) is 5.67. The van der Waals surface area contributed by atoms with Gasteiger partial charge in [-0.05, 0) is 14.0 Å². The lowest BCUT2D eigenvalue weighted by Crippen LogP contribution is -2.24. The second-order valence-electron chi connectivity index (χ2n) is 2.00. The van der Waals surface area contributed by atoms with Crippen LogP contribution >= 0.6 is 0 Å². The van der Waals surface area contributed by atoms with Gasteiger partial charge in [0.05, 0.1) is 13.2 Å². The van der Waals surface area contributed by atoms with E-state index in [0.29, 0.717) is 6.61 Å². The summed E-state index contributed by atoms with van der Waals surface area (Å²) in [7, 11) is 1.62. The Morgan fingerprint density at radius 1 is 1.25 bits per heavy atom. The van der Waals surface area contributed by atoms with E-state index in [1.807, 2.05) is 0 Å². The van der Waals surface area contributed by atoms with Crippen LogP contribution in [0.2, 0.25) is 0 Å². The van der Waals surface area contributed by atoms with E-state index in [0.717, 1.165) is 0 Å². The molecule has 0 amide bonds. The second-order valence-corrected chi connectivity index (χ2v) is 2.00. The molecule has 0 aromatic rings. The third-order valence-electron chi connectivity index (χ3n) is 0.977. The third-order valence-corrected chi connectivity index (χ3v) is 0.977. The number of hydrogen-bond acceptors (Lipinski definition) is 5. The minimum absolute atomic E-state index is 0.0966. The molecule has 12 heavy (non-hydrogen) atoms. The predicted molar refractivity (Wildman–Crippen MR) is 41.5 cm³/mol. The normalized spacial score (nSPS) is 9.17. The largest absolute Gasteiger partial charge is 0.463 e. The number of hydrogen-bond donors (Lipinski definition) is 1. The van der Waals surface area contributed by atoms with E-state index < -0.39 is 11.9 Å². The quantitative estimate of drug-likeness (QED) is 0.560. The minimum atomic E-state index is -0.526. The Hall–Kier alpha value is -1.10. The Bertz CT molecular complexity index is 139. The van der Waals surface area contributed by atoms with Crippen LogP contribution in [0.15, 0.2) is 0 Å². The molecule has 0 radical (unpaired) electrons. The molecule has 0 aromatic carbocycles. The molecule has 0 heterocycles. The number of esters is 2. The molecule has 0 bridgehead atoms. The molecule has 0 saturated heterocycles. The molecule has 5 heteroatoms. The van der Waals surface area contributed by atoms with Crippen LogP contribution in [0.3, 0.4) is 0 Å². The van der Waals surface area contributed by atoms with Crippen molar-refractivity contribution in [1.82, 2.24) is 5.32 Å². The molecule has 0 unspecified atom stereocenters. The van der Waals surface area contributed by atoms with E-state index in [2.05, 4.69) is 14.8 Å². The second kappa shape index (κ2) is 6.60. The molecule has 1 N–H and O–H groups in total. The van der Waals surface area contributed by atoms with E-state index in [4.69, 9.17) is 0 Å². The zero-order valence-electron chi connectivity index (χ0n) is 7.25. The predicted octanol–water partition coefficient (Wildman–Crippen LogP) is -0.688. The highest BCUT2D eigenvalue weighted by molar-refractivity contribution is 5.77. The van der Waals surface area contributed by atoms with Crippen LogP contribution in [0.25, 0.3) is 0 Å². The summed E-state index contributed by atoms with van der Waals surface area (Å²) in [6, 6.07) is 0. The highest BCUT2D eigenvalue weighted by atomic mass is 16.6. The lowest BCUT2D eigenvalue weighted by atomic mass is 10.6. The Balaban J connectivity index is 3.40. The van der Waals surface area contributed by atoms with Crippen LogP contribution in [-0.2, 0) is 19.1 Å². The van der Waals surface area contributed by atoms with Gasteiger partial charge in [0.15, 0.2) is 6.61 Å². The van der Waals surface area contributed by atoms with Crippen molar-refractivity contribution in [2.45, 2.75) is 6.92 Å². The van der Waals surface area contributed by atoms with Crippen molar-refractivity contribution in [2.75, 3.05) is 26.8 Å². The van der Waals surface area contributed by atoms with Gasteiger partial charge in [0.1, 0.15) is 0 Å². The monoisotopic (exact) mass is 175 g/mol. The maximum absolute atomic E-state index is 10.7. The average Bonchev–Trinajstić information content (AvgIpc) is 2.02. The molecule has 0 rings (SSSR count). The fraction of sp³-hybridized carbons (Fsp3) is 0.714. The first-order valence-electron chi connectivity index (χ1n) is 3.66. The van der Waals surface area contributed by atoms with Crippen molar-refractivity contribution in [1.29, 1.82) is 0 Å². The molecule has 0 fully saturated rings. The van der Waals surface area contributed by atoms with Crippen LogP contribution in [0.1, 0.15) is 6.92 Å². The first-order chi connectivity index (χ1) is 5.70. The van der Waals surface area contributed by atoms with Crippen LogP contribution in [0.5, 0.6) is 0 Å². The topological polar surface area (TPSA) is 64.6 Å². The Kier molecular flexibility index (Phi) is 6.00. The van der Waals surface area contributed by atoms with E-state index in [-0.39, 0.29) is 13.2 Å². The van der Waals surface area contributed by atoms with Crippen LogP contribution in [0, 0.1) is 0 Å². The molecule has 0 saturated carbocycles. The summed E-state index contributed by atoms with van der Waals surface area (Å²) in [6.07, 6.45) is 0. The van der Waals surface area contributed by atoms with Crippen LogP contribution in [-0.4, -0.2) is 38.7 Å². The van der Waals surface area contributed by atoms with Gasteiger partial charge < -0.3 is 14.8 Å². The van der Waals surface area contributed by atoms with Gasteiger partial charge in [-0.1, -0.05) is 0 Å². The van der Waals surface area contributed by atoms with Crippen LogP contribution < -0.4 is 5.32 Å². The molecular weight excluding hydrogens is 162 g/mol. The van der Waals surface area contributed by atoms with Gasteiger partial charge in [0, 0.05) is 0 Å². The summed E-state index contributed by atoms with van der Waals surface area (Å²) in [6.45, 7) is 1.77.